The van der Waals surface area contributed by atoms with Crippen LogP contribution in [0.25, 0.3) is 5.69 Å². The van der Waals surface area contributed by atoms with E-state index in [0.717, 1.165) is 14.6 Å². The Morgan fingerprint density at radius 3 is 2.53 bits per heavy atom. The van der Waals surface area contributed by atoms with Gasteiger partial charge in [-0.05, 0) is 44.0 Å². The summed E-state index contributed by atoms with van der Waals surface area (Å²) in [6, 6.07) is 5.75. The molecule has 15 heavy (non-hydrogen) atoms. The van der Waals surface area contributed by atoms with Crippen molar-refractivity contribution in [3.8, 4) is 5.69 Å². The van der Waals surface area contributed by atoms with E-state index in [4.69, 9.17) is 5.11 Å². The lowest BCUT2D eigenvalue weighted by atomic mass is 10.3. The van der Waals surface area contributed by atoms with E-state index in [0.29, 0.717) is 5.82 Å². The molecule has 0 saturated heterocycles. The SMILES string of the molecule is OCc1nncn1-c1c(Br)cccc1Br. The molecule has 6 heteroatoms. The number of hydrogen-bond acceptors (Lipinski definition) is 3. The average Bonchev–Trinajstić information content (AvgIpc) is 2.65. The summed E-state index contributed by atoms with van der Waals surface area (Å²) in [6.07, 6.45) is 1.57. The van der Waals surface area contributed by atoms with Gasteiger partial charge in [0.05, 0.1) is 5.69 Å². The molecule has 0 bridgehead atoms. The van der Waals surface area contributed by atoms with Gasteiger partial charge in [-0.1, -0.05) is 6.07 Å². The van der Waals surface area contributed by atoms with Crippen molar-refractivity contribution in [2.45, 2.75) is 6.61 Å². The summed E-state index contributed by atoms with van der Waals surface area (Å²) < 4.78 is 3.55. The third-order valence-electron chi connectivity index (χ3n) is 1.94. The van der Waals surface area contributed by atoms with E-state index in [9.17, 15) is 0 Å². The summed E-state index contributed by atoms with van der Waals surface area (Å²) in [6.45, 7) is -0.145. The number of nitrogens with zero attached hydrogens (tertiary/aromatic N) is 3. The molecule has 0 spiro atoms. The Balaban J connectivity index is 2.63. The van der Waals surface area contributed by atoms with Crippen LogP contribution in [0.5, 0.6) is 0 Å². The van der Waals surface area contributed by atoms with Crippen LogP contribution in [0.15, 0.2) is 33.5 Å². The second-order valence-corrected chi connectivity index (χ2v) is 4.55. The maximum Gasteiger partial charge on any atom is 0.163 e. The van der Waals surface area contributed by atoms with E-state index in [1.807, 2.05) is 18.2 Å². The summed E-state index contributed by atoms with van der Waals surface area (Å²) in [5.74, 6) is 0.502. The van der Waals surface area contributed by atoms with E-state index in [2.05, 4.69) is 42.1 Å². The molecule has 0 aliphatic carbocycles. The van der Waals surface area contributed by atoms with Gasteiger partial charge in [0.15, 0.2) is 5.82 Å². The molecular weight excluding hydrogens is 326 g/mol. The molecule has 4 nitrogen and oxygen atoms in total. The first-order valence-electron chi connectivity index (χ1n) is 4.18. The Morgan fingerprint density at radius 2 is 1.93 bits per heavy atom. The van der Waals surface area contributed by atoms with Gasteiger partial charge in [-0.25, -0.2) is 0 Å². The highest BCUT2D eigenvalue weighted by molar-refractivity contribution is 9.11. The minimum absolute atomic E-state index is 0.145. The van der Waals surface area contributed by atoms with E-state index in [1.165, 1.54) is 0 Å². The molecule has 0 radical (unpaired) electrons. The van der Waals surface area contributed by atoms with Crippen LogP contribution in [0, 0.1) is 0 Å². The Bertz CT molecular complexity index is 464. The van der Waals surface area contributed by atoms with Gasteiger partial charge in [0, 0.05) is 8.95 Å². The van der Waals surface area contributed by atoms with Crippen LogP contribution < -0.4 is 0 Å². The van der Waals surface area contributed by atoms with Crippen LogP contribution in [0.3, 0.4) is 0 Å². The van der Waals surface area contributed by atoms with Gasteiger partial charge in [0.2, 0.25) is 0 Å². The molecule has 78 valence electrons. The van der Waals surface area contributed by atoms with Crippen molar-refractivity contribution in [2.75, 3.05) is 0 Å². The van der Waals surface area contributed by atoms with Crippen LogP contribution in [0.4, 0.5) is 0 Å². The van der Waals surface area contributed by atoms with Crippen molar-refractivity contribution < 1.29 is 5.11 Å². The van der Waals surface area contributed by atoms with Gasteiger partial charge >= 0.3 is 0 Å². The zero-order valence-electron chi connectivity index (χ0n) is 7.56. The summed E-state index contributed by atoms with van der Waals surface area (Å²) in [5.41, 5.74) is 0.881. The molecule has 1 aromatic heterocycles. The van der Waals surface area contributed by atoms with Crippen LogP contribution in [-0.2, 0) is 6.61 Å². The minimum atomic E-state index is -0.145. The highest BCUT2D eigenvalue weighted by atomic mass is 79.9. The normalized spacial score (nSPS) is 10.6. The molecular formula is C9H7Br2N3O. The smallest absolute Gasteiger partial charge is 0.163 e. The van der Waals surface area contributed by atoms with Gasteiger partial charge in [0.25, 0.3) is 0 Å². The Labute approximate surface area is 103 Å². The molecule has 0 saturated carbocycles. The Kier molecular flexibility index (Phi) is 3.18. The number of halogens is 2. The van der Waals surface area contributed by atoms with Crippen molar-refractivity contribution in [2.24, 2.45) is 0 Å². The zero-order chi connectivity index (χ0) is 10.8. The topological polar surface area (TPSA) is 50.9 Å². The van der Waals surface area contributed by atoms with Crippen molar-refractivity contribution in [1.29, 1.82) is 0 Å². The molecule has 0 aliphatic rings. The molecule has 0 fully saturated rings. The summed E-state index contributed by atoms with van der Waals surface area (Å²) in [7, 11) is 0. The van der Waals surface area contributed by atoms with Gasteiger partial charge in [0.1, 0.15) is 12.9 Å². The number of aliphatic hydroxyl groups is 1. The molecule has 0 aliphatic heterocycles. The molecule has 2 aromatic rings. The molecule has 0 unspecified atom stereocenters. The van der Waals surface area contributed by atoms with Gasteiger partial charge in [-0.3, -0.25) is 4.57 Å². The molecule has 1 heterocycles. The standard InChI is InChI=1S/C9H7Br2N3O/c10-6-2-1-3-7(11)9(6)14-5-12-13-8(14)4-15/h1-3,5,15H,4H2. The first-order valence-corrected chi connectivity index (χ1v) is 5.76. The van der Waals surface area contributed by atoms with Crippen molar-refractivity contribution >= 4 is 31.9 Å². The fraction of sp³-hybridized carbons (Fsp3) is 0.111. The van der Waals surface area contributed by atoms with Crippen molar-refractivity contribution in [1.82, 2.24) is 14.8 Å². The predicted molar refractivity (Wildman–Crippen MR) is 62.7 cm³/mol. The van der Waals surface area contributed by atoms with Crippen LogP contribution >= 0.6 is 31.9 Å². The lowest BCUT2D eigenvalue weighted by Gasteiger charge is -2.09. The summed E-state index contributed by atoms with van der Waals surface area (Å²) >= 11 is 6.89. The largest absolute Gasteiger partial charge is 0.388 e. The van der Waals surface area contributed by atoms with Gasteiger partial charge < -0.3 is 5.11 Å². The monoisotopic (exact) mass is 331 g/mol. The number of aliphatic hydroxyl groups excluding tert-OH is 1. The molecule has 0 amide bonds. The maximum absolute atomic E-state index is 9.10. The quantitative estimate of drug-likeness (QED) is 0.918. The van der Waals surface area contributed by atoms with E-state index in [-0.39, 0.29) is 6.61 Å². The van der Waals surface area contributed by atoms with Gasteiger partial charge in [-0.2, -0.15) is 0 Å². The maximum atomic E-state index is 9.10. The highest BCUT2D eigenvalue weighted by Gasteiger charge is 2.11. The first kappa shape index (κ1) is 10.8. The summed E-state index contributed by atoms with van der Waals surface area (Å²) in [4.78, 5) is 0. The van der Waals surface area contributed by atoms with Gasteiger partial charge in [-0.15, -0.1) is 10.2 Å². The van der Waals surface area contributed by atoms with E-state index >= 15 is 0 Å². The van der Waals surface area contributed by atoms with Crippen LogP contribution in [-0.4, -0.2) is 19.9 Å². The number of para-hydroxylation sites is 1. The minimum Gasteiger partial charge on any atom is -0.388 e. The third kappa shape index (κ3) is 1.97. The van der Waals surface area contributed by atoms with Crippen LogP contribution in [0.2, 0.25) is 0 Å². The molecule has 2 rings (SSSR count). The molecule has 1 aromatic carbocycles. The zero-order valence-corrected chi connectivity index (χ0v) is 10.7. The number of rotatable bonds is 2. The fourth-order valence-electron chi connectivity index (χ4n) is 1.27. The van der Waals surface area contributed by atoms with Crippen molar-refractivity contribution in [3.63, 3.8) is 0 Å². The highest BCUT2D eigenvalue weighted by Crippen LogP contribution is 2.29. The van der Waals surface area contributed by atoms with Crippen molar-refractivity contribution in [3.05, 3.63) is 39.3 Å². The molecule has 1 N–H and O–H groups in total. The average molecular weight is 333 g/mol. The van der Waals surface area contributed by atoms with E-state index in [1.54, 1.807) is 10.9 Å². The summed E-state index contributed by atoms with van der Waals surface area (Å²) in [5, 5.41) is 16.7. The lowest BCUT2D eigenvalue weighted by molar-refractivity contribution is 0.269. The number of hydrogen-bond donors (Lipinski definition) is 1. The Hall–Kier alpha value is -0.720. The lowest BCUT2D eigenvalue weighted by Crippen LogP contribution is -2.01. The number of benzene rings is 1. The number of aromatic nitrogens is 3. The second-order valence-electron chi connectivity index (χ2n) is 2.85. The van der Waals surface area contributed by atoms with E-state index < -0.39 is 0 Å². The van der Waals surface area contributed by atoms with Crippen LogP contribution in [0.1, 0.15) is 5.82 Å². The fourth-order valence-corrected chi connectivity index (χ4v) is 2.65. The predicted octanol–water partition coefficient (Wildman–Crippen LogP) is 2.28. The second kappa shape index (κ2) is 4.42. The Morgan fingerprint density at radius 1 is 1.27 bits per heavy atom. The third-order valence-corrected chi connectivity index (χ3v) is 3.22. The molecule has 0 atom stereocenters. The first-order chi connectivity index (χ1) is 7.24.